The van der Waals surface area contributed by atoms with Gasteiger partial charge in [0.2, 0.25) is 0 Å². The lowest BCUT2D eigenvalue weighted by Gasteiger charge is -2.18. The Labute approximate surface area is 79.6 Å². The zero-order valence-corrected chi connectivity index (χ0v) is 9.23. The third kappa shape index (κ3) is 1.12. The van der Waals surface area contributed by atoms with E-state index in [0.717, 1.165) is 0 Å². The highest BCUT2D eigenvalue weighted by Crippen LogP contribution is 2.41. The van der Waals surface area contributed by atoms with Crippen LogP contribution in [0.3, 0.4) is 0 Å². The molecule has 0 saturated heterocycles. The number of fused-ring (bicyclic) bond motifs is 1. The maximum atomic E-state index is 6.40. The summed E-state index contributed by atoms with van der Waals surface area (Å²) in [4.78, 5) is 0. The number of hydrogen-bond acceptors (Lipinski definition) is 0. The van der Waals surface area contributed by atoms with Crippen molar-refractivity contribution in [2.75, 3.05) is 0 Å². The molecule has 1 aromatic rings. The van der Waals surface area contributed by atoms with Gasteiger partial charge in [-0.05, 0) is 17.2 Å². The molecule has 0 fully saturated rings. The molecule has 1 atom stereocenters. The van der Waals surface area contributed by atoms with Crippen LogP contribution in [0.2, 0.25) is 13.1 Å². The van der Waals surface area contributed by atoms with Crippen molar-refractivity contribution in [3.63, 3.8) is 0 Å². The summed E-state index contributed by atoms with van der Waals surface area (Å²) in [5, 5.41) is 0.327. The highest BCUT2D eigenvalue weighted by molar-refractivity contribution is 6.85. The molecule has 1 heterocycles. The number of hydrogen-bond donors (Lipinski definition) is 0. The van der Waals surface area contributed by atoms with E-state index in [1.807, 2.05) is 0 Å². The second-order valence-corrected chi connectivity index (χ2v) is 9.94. The topological polar surface area (TPSA) is 0 Å². The van der Waals surface area contributed by atoms with E-state index in [1.165, 1.54) is 17.2 Å². The normalized spacial score (nSPS) is 25.4. The smallest absolute Gasteiger partial charge is 0.0778 e. The van der Waals surface area contributed by atoms with Crippen molar-refractivity contribution in [2.24, 2.45) is 0 Å². The lowest BCUT2D eigenvalue weighted by Crippen LogP contribution is -2.29. The van der Waals surface area contributed by atoms with Gasteiger partial charge in [-0.1, -0.05) is 37.4 Å². The molecule has 0 nitrogen and oxygen atoms in total. The monoisotopic (exact) mass is 196 g/mol. The first-order valence-corrected chi connectivity index (χ1v) is 8.05. The Balaban J connectivity index is 2.49. The predicted molar refractivity (Wildman–Crippen MR) is 56.2 cm³/mol. The van der Waals surface area contributed by atoms with Crippen LogP contribution >= 0.6 is 11.6 Å². The van der Waals surface area contributed by atoms with Crippen LogP contribution in [0.15, 0.2) is 24.3 Å². The number of alkyl halides is 1. The Morgan fingerprint density at radius 2 is 2.00 bits per heavy atom. The minimum absolute atomic E-state index is 0.327. The first-order chi connectivity index (χ1) is 5.61. The number of rotatable bonds is 0. The molecule has 0 amide bonds. The lowest BCUT2D eigenvalue weighted by molar-refractivity contribution is 1.31. The summed E-state index contributed by atoms with van der Waals surface area (Å²) in [6.45, 7) is 4.73. The Hall–Kier alpha value is -0.273. The molecule has 2 rings (SSSR count). The molecular formula is C10H13ClSi. The molecule has 0 bridgehead atoms. The molecule has 1 aliphatic rings. The van der Waals surface area contributed by atoms with Gasteiger partial charge in [-0.3, -0.25) is 0 Å². The molecule has 2 heteroatoms. The maximum absolute atomic E-state index is 6.40. The quantitative estimate of drug-likeness (QED) is 0.441. The predicted octanol–water partition coefficient (Wildman–Crippen LogP) is 3.31. The van der Waals surface area contributed by atoms with Crippen molar-refractivity contribution < 1.29 is 0 Å². The van der Waals surface area contributed by atoms with E-state index in [-0.39, 0.29) is 0 Å². The van der Waals surface area contributed by atoms with E-state index in [4.69, 9.17) is 11.6 Å². The summed E-state index contributed by atoms with van der Waals surface area (Å²) in [6, 6.07) is 9.83. The average Bonchev–Trinajstić information content (AvgIpc) is 2.24. The maximum Gasteiger partial charge on any atom is 0.0778 e. The molecule has 0 spiro atoms. The highest BCUT2D eigenvalue weighted by atomic mass is 35.5. The van der Waals surface area contributed by atoms with E-state index in [9.17, 15) is 0 Å². The van der Waals surface area contributed by atoms with Crippen LogP contribution in [0.1, 0.15) is 16.1 Å². The summed E-state index contributed by atoms with van der Waals surface area (Å²) < 4.78 is 0. The van der Waals surface area contributed by atoms with Gasteiger partial charge in [0.25, 0.3) is 0 Å². The van der Waals surface area contributed by atoms with Gasteiger partial charge in [-0.2, -0.15) is 0 Å². The molecule has 1 aromatic carbocycles. The van der Waals surface area contributed by atoms with Crippen LogP contribution in [0.5, 0.6) is 0 Å². The molecule has 0 saturated carbocycles. The lowest BCUT2D eigenvalue weighted by atomic mass is 10.1. The van der Waals surface area contributed by atoms with Gasteiger partial charge < -0.3 is 0 Å². The average molecular weight is 197 g/mol. The molecular weight excluding hydrogens is 184 g/mol. The van der Waals surface area contributed by atoms with Crippen molar-refractivity contribution in [3.8, 4) is 0 Å². The van der Waals surface area contributed by atoms with Crippen LogP contribution in [0, 0.1) is 0 Å². The molecule has 0 aliphatic carbocycles. The van der Waals surface area contributed by atoms with E-state index in [0.29, 0.717) is 5.00 Å². The van der Waals surface area contributed by atoms with Crippen molar-refractivity contribution in [1.82, 2.24) is 0 Å². The van der Waals surface area contributed by atoms with Gasteiger partial charge in [0.1, 0.15) is 0 Å². The zero-order valence-electron chi connectivity index (χ0n) is 7.47. The largest absolute Gasteiger partial charge is 0.121 e. The third-order valence-electron chi connectivity index (χ3n) is 2.66. The standard InChI is InChI=1S/C10H13ClSi/c1-12(2)7-8-5-3-4-6-9(8)10(12)11/h3-6,10H,7H2,1-2H3. The van der Waals surface area contributed by atoms with Crippen LogP contribution in [-0.4, -0.2) is 8.07 Å². The third-order valence-corrected chi connectivity index (χ3v) is 7.64. The van der Waals surface area contributed by atoms with Crippen molar-refractivity contribution >= 4 is 19.7 Å². The zero-order chi connectivity index (χ0) is 8.77. The second-order valence-electron chi connectivity index (χ2n) is 4.23. The molecule has 1 aliphatic heterocycles. The van der Waals surface area contributed by atoms with Crippen molar-refractivity contribution in [2.45, 2.75) is 24.1 Å². The Morgan fingerprint density at radius 1 is 1.33 bits per heavy atom. The van der Waals surface area contributed by atoms with E-state index in [2.05, 4.69) is 37.4 Å². The first-order valence-electron chi connectivity index (χ1n) is 4.33. The van der Waals surface area contributed by atoms with Crippen LogP contribution < -0.4 is 0 Å². The molecule has 0 aromatic heterocycles. The molecule has 0 radical (unpaired) electrons. The highest BCUT2D eigenvalue weighted by Gasteiger charge is 2.38. The Morgan fingerprint density at radius 3 is 2.67 bits per heavy atom. The van der Waals surface area contributed by atoms with Gasteiger partial charge in [-0.15, -0.1) is 11.6 Å². The van der Waals surface area contributed by atoms with Crippen LogP contribution in [0.25, 0.3) is 0 Å². The summed E-state index contributed by atoms with van der Waals surface area (Å²) in [6.07, 6.45) is 0. The number of benzene rings is 1. The summed E-state index contributed by atoms with van der Waals surface area (Å²) in [5.41, 5.74) is 2.87. The van der Waals surface area contributed by atoms with Gasteiger partial charge >= 0.3 is 0 Å². The van der Waals surface area contributed by atoms with E-state index >= 15 is 0 Å². The van der Waals surface area contributed by atoms with Crippen molar-refractivity contribution in [1.29, 1.82) is 0 Å². The summed E-state index contributed by atoms with van der Waals surface area (Å²) in [5.74, 6) is 0. The fourth-order valence-electron chi connectivity index (χ4n) is 1.94. The van der Waals surface area contributed by atoms with Crippen LogP contribution in [-0.2, 0) is 6.04 Å². The minimum Gasteiger partial charge on any atom is -0.121 e. The van der Waals surface area contributed by atoms with Gasteiger partial charge in [0.15, 0.2) is 0 Å². The van der Waals surface area contributed by atoms with E-state index in [1.54, 1.807) is 0 Å². The molecule has 64 valence electrons. The van der Waals surface area contributed by atoms with Gasteiger partial charge in [-0.25, -0.2) is 0 Å². The minimum atomic E-state index is -1.18. The number of halogens is 1. The summed E-state index contributed by atoms with van der Waals surface area (Å²) in [7, 11) is -1.18. The van der Waals surface area contributed by atoms with Crippen molar-refractivity contribution in [3.05, 3.63) is 35.4 Å². The fraction of sp³-hybridized carbons (Fsp3) is 0.400. The fourth-order valence-corrected chi connectivity index (χ4v) is 4.99. The molecule has 1 unspecified atom stereocenters. The Kier molecular flexibility index (Phi) is 1.81. The molecule has 12 heavy (non-hydrogen) atoms. The van der Waals surface area contributed by atoms with Gasteiger partial charge in [0.05, 0.1) is 13.1 Å². The summed E-state index contributed by atoms with van der Waals surface area (Å²) >= 11 is 6.40. The molecule has 0 N–H and O–H groups in total. The Bertz CT molecular complexity index is 306. The van der Waals surface area contributed by atoms with E-state index < -0.39 is 8.07 Å². The first kappa shape index (κ1) is 8.33. The SMILES string of the molecule is C[Si]1(C)Cc2ccccc2C1Cl. The van der Waals surface area contributed by atoms with Gasteiger partial charge in [0, 0.05) is 0 Å². The second kappa shape index (κ2) is 2.61. The van der Waals surface area contributed by atoms with Crippen LogP contribution in [0.4, 0.5) is 0 Å².